The smallest absolute Gasteiger partial charge is 0.106 e. The number of hydrogen-bond acceptors (Lipinski definition) is 2. The van der Waals surface area contributed by atoms with Gasteiger partial charge in [-0.15, -0.1) is 0 Å². The van der Waals surface area contributed by atoms with Crippen molar-refractivity contribution in [3.63, 3.8) is 0 Å². The van der Waals surface area contributed by atoms with Gasteiger partial charge in [-0.2, -0.15) is 0 Å². The van der Waals surface area contributed by atoms with Gasteiger partial charge in [-0.1, -0.05) is 28.9 Å². The van der Waals surface area contributed by atoms with Crippen LogP contribution < -0.4 is 0 Å². The summed E-state index contributed by atoms with van der Waals surface area (Å²) in [5.74, 6) is 0. The Kier molecular flexibility index (Phi) is 2.86. The maximum atomic E-state index is 4.61. The Hall–Kier alpha value is -1.31. The van der Waals surface area contributed by atoms with E-state index in [0.717, 1.165) is 5.56 Å². The molecule has 64 valence electrons. The Labute approximate surface area is 72.9 Å². The fourth-order valence-electron chi connectivity index (χ4n) is 1.01. The molecule has 0 spiro atoms. The second-order valence-electron chi connectivity index (χ2n) is 2.78. The first-order valence-corrected chi connectivity index (χ1v) is 3.88. The summed E-state index contributed by atoms with van der Waals surface area (Å²) >= 11 is 0. The summed E-state index contributed by atoms with van der Waals surface area (Å²) in [5, 5.41) is 3.72. The van der Waals surface area contributed by atoms with Crippen LogP contribution >= 0.6 is 0 Å². The molecular formula is C10H13NO. The summed E-state index contributed by atoms with van der Waals surface area (Å²) in [6, 6.07) is 6.24. The molecule has 2 nitrogen and oxygen atoms in total. The standard InChI is InChI=1S/C10H13NO/c1-8-4-5-9(2)10(6-8)7-11-12-3/h4-7H,1-3H3. The van der Waals surface area contributed by atoms with Crippen LogP contribution in [0.4, 0.5) is 0 Å². The lowest BCUT2D eigenvalue weighted by atomic mass is 10.1. The van der Waals surface area contributed by atoms with Gasteiger partial charge in [0.25, 0.3) is 0 Å². The van der Waals surface area contributed by atoms with Crippen molar-refractivity contribution in [3.8, 4) is 0 Å². The molecule has 0 radical (unpaired) electrons. The third-order valence-corrected chi connectivity index (χ3v) is 1.73. The van der Waals surface area contributed by atoms with E-state index >= 15 is 0 Å². The van der Waals surface area contributed by atoms with Crippen LogP contribution in [-0.4, -0.2) is 13.3 Å². The van der Waals surface area contributed by atoms with E-state index in [0.29, 0.717) is 0 Å². The van der Waals surface area contributed by atoms with E-state index in [9.17, 15) is 0 Å². The van der Waals surface area contributed by atoms with E-state index in [1.165, 1.54) is 11.1 Å². The second kappa shape index (κ2) is 3.90. The molecule has 2 heteroatoms. The Bertz CT molecular complexity index is 292. The van der Waals surface area contributed by atoms with Crippen molar-refractivity contribution < 1.29 is 4.84 Å². The van der Waals surface area contributed by atoms with E-state index in [1.807, 2.05) is 0 Å². The fourth-order valence-corrected chi connectivity index (χ4v) is 1.01. The summed E-state index contributed by atoms with van der Waals surface area (Å²) in [5.41, 5.74) is 3.55. The first-order chi connectivity index (χ1) is 5.74. The molecule has 0 saturated carbocycles. The first kappa shape index (κ1) is 8.78. The zero-order valence-electron chi connectivity index (χ0n) is 7.66. The lowest BCUT2D eigenvalue weighted by molar-refractivity contribution is 0.215. The number of benzene rings is 1. The van der Waals surface area contributed by atoms with Gasteiger partial charge in [0.1, 0.15) is 7.11 Å². The number of rotatable bonds is 2. The molecule has 1 aromatic carbocycles. The number of oxime groups is 1. The summed E-state index contributed by atoms with van der Waals surface area (Å²) in [4.78, 5) is 4.61. The predicted octanol–water partition coefficient (Wildman–Crippen LogP) is 2.28. The van der Waals surface area contributed by atoms with Crippen LogP contribution in [0.25, 0.3) is 0 Å². The molecule has 0 bridgehead atoms. The number of nitrogens with zero attached hydrogens (tertiary/aromatic N) is 1. The van der Waals surface area contributed by atoms with Gasteiger partial charge < -0.3 is 4.84 Å². The van der Waals surface area contributed by atoms with Crippen molar-refractivity contribution in [2.24, 2.45) is 5.16 Å². The average Bonchev–Trinajstić information content (AvgIpc) is 2.07. The number of aryl methyl sites for hydroxylation is 2. The third kappa shape index (κ3) is 2.09. The Morgan fingerprint density at radius 2 is 2.08 bits per heavy atom. The molecule has 0 heterocycles. The Balaban J connectivity index is 2.97. The monoisotopic (exact) mass is 163 g/mol. The van der Waals surface area contributed by atoms with E-state index in [-0.39, 0.29) is 0 Å². The molecule has 0 amide bonds. The van der Waals surface area contributed by atoms with Crippen LogP contribution in [0.5, 0.6) is 0 Å². The molecule has 0 aliphatic carbocycles. The van der Waals surface area contributed by atoms with Crippen molar-refractivity contribution in [2.75, 3.05) is 7.11 Å². The summed E-state index contributed by atoms with van der Waals surface area (Å²) < 4.78 is 0. The van der Waals surface area contributed by atoms with Gasteiger partial charge in [-0.3, -0.25) is 0 Å². The maximum absolute atomic E-state index is 4.61. The Morgan fingerprint density at radius 3 is 2.75 bits per heavy atom. The molecule has 0 unspecified atom stereocenters. The highest BCUT2D eigenvalue weighted by atomic mass is 16.6. The number of hydrogen-bond donors (Lipinski definition) is 0. The van der Waals surface area contributed by atoms with Crippen molar-refractivity contribution >= 4 is 6.21 Å². The normalized spacial score (nSPS) is 10.6. The predicted molar refractivity (Wildman–Crippen MR) is 50.5 cm³/mol. The molecule has 12 heavy (non-hydrogen) atoms. The largest absolute Gasteiger partial charge is 0.399 e. The zero-order chi connectivity index (χ0) is 8.97. The summed E-state index contributed by atoms with van der Waals surface area (Å²) in [6.45, 7) is 4.11. The summed E-state index contributed by atoms with van der Waals surface area (Å²) in [7, 11) is 1.54. The van der Waals surface area contributed by atoms with Gasteiger partial charge in [-0.25, -0.2) is 0 Å². The SMILES string of the molecule is CON=Cc1cc(C)ccc1C. The van der Waals surface area contributed by atoms with Crippen LogP contribution in [0.1, 0.15) is 16.7 Å². The molecule has 0 N–H and O–H groups in total. The topological polar surface area (TPSA) is 21.6 Å². The molecule has 0 aromatic heterocycles. The van der Waals surface area contributed by atoms with Gasteiger partial charge in [0.05, 0.1) is 6.21 Å². The first-order valence-electron chi connectivity index (χ1n) is 3.88. The van der Waals surface area contributed by atoms with Gasteiger partial charge >= 0.3 is 0 Å². The van der Waals surface area contributed by atoms with Gasteiger partial charge in [-0.05, 0) is 25.0 Å². The molecule has 0 saturated heterocycles. The maximum Gasteiger partial charge on any atom is 0.106 e. The molecule has 0 aliphatic heterocycles. The fraction of sp³-hybridized carbons (Fsp3) is 0.300. The van der Waals surface area contributed by atoms with Crippen molar-refractivity contribution in [1.29, 1.82) is 0 Å². The highest BCUT2D eigenvalue weighted by molar-refractivity contribution is 5.81. The van der Waals surface area contributed by atoms with Crippen LogP contribution in [0.15, 0.2) is 23.4 Å². The van der Waals surface area contributed by atoms with E-state index in [2.05, 4.69) is 42.0 Å². The zero-order valence-corrected chi connectivity index (χ0v) is 7.66. The Morgan fingerprint density at radius 1 is 1.33 bits per heavy atom. The lowest BCUT2D eigenvalue weighted by Crippen LogP contribution is -1.88. The highest BCUT2D eigenvalue weighted by Gasteiger charge is 1.94. The third-order valence-electron chi connectivity index (χ3n) is 1.73. The van der Waals surface area contributed by atoms with Crippen LogP contribution in [0.2, 0.25) is 0 Å². The van der Waals surface area contributed by atoms with Gasteiger partial charge in [0.2, 0.25) is 0 Å². The molecule has 1 aromatic rings. The minimum atomic E-state index is 1.11. The van der Waals surface area contributed by atoms with E-state index in [1.54, 1.807) is 13.3 Å². The minimum absolute atomic E-state index is 1.11. The van der Waals surface area contributed by atoms with Crippen LogP contribution in [0.3, 0.4) is 0 Å². The molecule has 0 aliphatic rings. The molecule has 0 atom stereocenters. The van der Waals surface area contributed by atoms with E-state index in [4.69, 9.17) is 0 Å². The molecule has 0 fully saturated rings. The lowest BCUT2D eigenvalue weighted by Gasteiger charge is -1.99. The van der Waals surface area contributed by atoms with Gasteiger partial charge in [0, 0.05) is 0 Å². The van der Waals surface area contributed by atoms with Gasteiger partial charge in [0.15, 0.2) is 0 Å². The van der Waals surface area contributed by atoms with Crippen molar-refractivity contribution in [1.82, 2.24) is 0 Å². The molecule has 1 rings (SSSR count). The van der Waals surface area contributed by atoms with Crippen LogP contribution in [-0.2, 0) is 4.84 Å². The van der Waals surface area contributed by atoms with Crippen LogP contribution in [0, 0.1) is 13.8 Å². The van der Waals surface area contributed by atoms with Crippen molar-refractivity contribution in [2.45, 2.75) is 13.8 Å². The quantitative estimate of drug-likeness (QED) is 0.484. The minimum Gasteiger partial charge on any atom is -0.399 e. The second-order valence-corrected chi connectivity index (χ2v) is 2.78. The average molecular weight is 163 g/mol. The van der Waals surface area contributed by atoms with E-state index < -0.39 is 0 Å². The molecular weight excluding hydrogens is 150 g/mol. The highest BCUT2D eigenvalue weighted by Crippen LogP contribution is 2.07. The summed E-state index contributed by atoms with van der Waals surface area (Å²) in [6.07, 6.45) is 1.72. The van der Waals surface area contributed by atoms with Crippen molar-refractivity contribution in [3.05, 3.63) is 34.9 Å².